The van der Waals surface area contributed by atoms with Crippen molar-refractivity contribution >= 4 is 5.78 Å². The van der Waals surface area contributed by atoms with Gasteiger partial charge in [-0.1, -0.05) is 29.8 Å². The van der Waals surface area contributed by atoms with Gasteiger partial charge in [0.25, 0.3) is 0 Å². The fourth-order valence-corrected chi connectivity index (χ4v) is 1.39. The van der Waals surface area contributed by atoms with E-state index >= 15 is 0 Å². The molecule has 0 fully saturated rings. The highest BCUT2D eigenvalue weighted by molar-refractivity contribution is 5.95. The zero-order chi connectivity index (χ0) is 9.84. The van der Waals surface area contributed by atoms with E-state index in [9.17, 15) is 4.79 Å². The molecule has 13 heavy (non-hydrogen) atoms. The Labute approximate surface area is 79.1 Å². The lowest BCUT2D eigenvalue weighted by atomic mass is 9.99. The van der Waals surface area contributed by atoms with E-state index in [4.69, 9.17) is 0 Å². The van der Waals surface area contributed by atoms with Crippen LogP contribution < -0.4 is 0 Å². The fraction of sp³-hybridized carbons (Fsp3) is 0.250. The molecule has 0 saturated heterocycles. The van der Waals surface area contributed by atoms with E-state index in [0.717, 1.165) is 17.5 Å². The van der Waals surface area contributed by atoms with Gasteiger partial charge in [-0.2, -0.15) is 0 Å². The van der Waals surface area contributed by atoms with Crippen molar-refractivity contribution in [1.29, 1.82) is 0 Å². The van der Waals surface area contributed by atoms with Gasteiger partial charge in [0.15, 0.2) is 5.78 Å². The van der Waals surface area contributed by atoms with Crippen LogP contribution in [-0.2, 0) is 6.42 Å². The third kappa shape index (κ3) is 2.28. The van der Waals surface area contributed by atoms with E-state index in [-0.39, 0.29) is 5.78 Å². The summed E-state index contributed by atoms with van der Waals surface area (Å²) in [6, 6.07) is 5.89. The van der Waals surface area contributed by atoms with Crippen LogP contribution in [0, 0.1) is 6.92 Å². The minimum atomic E-state index is 0.122. The Balaban J connectivity index is 3.17. The monoisotopic (exact) mass is 174 g/mol. The SMILES string of the molecule is C=CCc1cc(C)ccc1C(C)=O. The topological polar surface area (TPSA) is 17.1 Å². The van der Waals surface area contributed by atoms with Crippen molar-refractivity contribution in [3.8, 4) is 0 Å². The molecule has 1 nitrogen and oxygen atoms in total. The maximum Gasteiger partial charge on any atom is 0.160 e. The van der Waals surface area contributed by atoms with E-state index in [0.29, 0.717) is 0 Å². The van der Waals surface area contributed by atoms with Gasteiger partial charge in [0.2, 0.25) is 0 Å². The molecule has 0 atom stereocenters. The fourth-order valence-electron chi connectivity index (χ4n) is 1.39. The summed E-state index contributed by atoms with van der Waals surface area (Å²) in [5, 5.41) is 0. The Bertz CT molecular complexity index is 337. The second-order valence-electron chi connectivity index (χ2n) is 3.21. The second kappa shape index (κ2) is 4.04. The van der Waals surface area contributed by atoms with Gasteiger partial charge in [-0.05, 0) is 25.8 Å². The maximum absolute atomic E-state index is 11.2. The summed E-state index contributed by atoms with van der Waals surface area (Å²) in [7, 11) is 0. The molecular weight excluding hydrogens is 160 g/mol. The molecule has 1 rings (SSSR count). The molecule has 1 aromatic rings. The molecule has 0 aliphatic rings. The number of carbonyl (C=O) groups excluding carboxylic acids is 1. The third-order valence-electron chi connectivity index (χ3n) is 2.00. The molecule has 0 aliphatic carbocycles. The van der Waals surface area contributed by atoms with Gasteiger partial charge in [-0.25, -0.2) is 0 Å². The minimum absolute atomic E-state index is 0.122. The first-order valence-corrected chi connectivity index (χ1v) is 4.36. The lowest BCUT2D eigenvalue weighted by Crippen LogP contribution is -1.99. The Kier molecular flexibility index (Phi) is 3.02. The average molecular weight is 174 g/mol. The van der Waals surface area contributed by atoms with Crippen LogP contribution in [0.3, 0.4) is 0 Å². The molecule has 0 N–H and O–H groups in total. The molecule has 1 aromatic carbocycles. The Morgan fingerprint density at radius 2 is 2.23 bits per heavy atom. The van der Waals surface area contributed by atoms with Crippen LogP contribution in [-0.4, -0.2) is 5.78 Å². The van der Waals surface area contributed by atoms with Gasteiger partial charge in [-0.3, -0.25) is 4.79 Å². The van der Waals surface area contributed by atoms with Crippen molar-refractivity contribution in [2.75, 3.05) is 0 Å². The third-order valence-corrected chi connectivity index (χ3v) is 2.00. The highest BCUT2D eigenvalue weighted by atomic mass is 16.1. The number of Topliss-reactive ketones (excluding diaryl/α,β-unsaturated/α-hetero) is 1. The number of aryl methyl sites for hydroxylation is 1. The zero-order valence-electron chi connectivity index (χ0n) is 8.13. The van der Waals surface area contributed by atoms with Crippen LogP contribution in [0.4, 0.5) is 0 Å². The van der Waals surface area contributed by atoms with Gasteiger partial charge < -0.3 is 0 Å². The smallest absolute Gasteiger partial charge is 0.160 e. The second-order valence-corrected chi connectivity index (χ2v) is 3.21. The van der Waals surface area contributed by atoms with E-state index in [1.54, 1.807) is 6.92 Å². The molecule has 0 aliphatic heterocycles. The van der Waals surface area contributed by atoms with Crippen molar-refractivity contribution in [3.63, 3.8) is 0 Å². The predicted octanol–water partition coefficient (Wildman–Crippen LogP) is 2.93. The number of benzene rings is 1. The predicted molar refractivity (Wildman–Crippen MR) is 55.1 cm³/mol. The molecular formula is C12H14O. The normalized spacial score (nSPS) is 9.69. The van der Waals surface area contributed by atoms with Crippen LogP contribution in [0.2, 0.25) is 0 Å². The largest absolute Gasteiger partial charge is 0.295 e. The Morgan fingerprint density at radius 1 is 1.54 bits per heavy atom. The number of hydrogen-bond acceptors (Lipinski definition) is 1. The molecule has 0 radical (unpaired) electrons. The minimum Gasteiger partial charge on any atom is -0.295 e. The number of hydrogen-bond donors (Lipinski definition) is 0. The number of carbonyl (C=O) groups is 1. The van der Waals surface area contributed by atoms with Gasteiger partial charge >= 0.3 is 0 Å². The summed E-state index contributed by atoms with van der Waals surface area (Å²) < 4.78 is 0. The summed E-state index contributed by atoms with van der Waals surface area (Å²) in [6.45, 7) is 7.29. The first kappa shape index (κ1) is 9.72. The molecule has 0 spiro atoms. The van der Waals surface area contributed by atoms with Gasteiger partial charge in [0.1, 0.15) is 0 Å². The molecule has 68 valence electrons. The number of rotatable bonds is 3. The van der Waals surface area contributed by atoms with E-state index in [2.05, 4.69) is 6.58 Å². The van der Waals surface area contributed by atoms with Crippen molar-refractivity contribution < 1.29 is 4.79 Å². The molecule has 0 amide bonds. The summed E-state index contributed by atoms with van der Waals surface area (Å²) in [5.41, 5.74) is 3.06. The van der Waals surface area contributed by atoms with Crippen LogP contribution in [0.15, 0.2) is 30.9 Å². The molecule has 0 bridgehead atoms. The van der Waals surface area contributed by atoms with Crippen molar-refractivity contribution in [2.24, 2.45) is 0 Å². The molecule has 0 saturated carbocycles. The lowest BCUT2D eigenvalue weighted by Gasteiger charge is -2.05. The lowest BCUT2D eigenvalue weighted by molar-refractivity contribution is 0.101. The quantitative estimate of drug-likeness (QED) is 0.508. The Hall–Kier alpha value is -1.37. The van der Waals surface area contributed by atoms with E-state index in [1.165, 1.54) is 5.56 Å². The summed E-state index contributed by atoms with van der Waals surface area (Å²) in [6.07, 6.45) is 2.58. The number of allylic oxidation sites excluding steroid dienone is 1. The van der Waals surface area contributed by atoms with E-state index < -0.39 is 0 Å². The maximum atomic E-state index is 11.2. The summed E-state index contributed by atoms with van der Waals surface area (Å²) >= 11 is 0. The van der Waals surface area contributed by atoms with Crippen LogP contribution in [0.25, 0.3) is 0 Å². The van der Waals surface area contributed by atoms with Crippen molar-refractivity contribution in [2.45, 2.75) is 20.3 Å². The highest BCUT2D eigenvalue weighted by Crippen LogP contribution is 2.13. The van der Waals surface area contributed by atoms with Gasteiger partial charge in [-0.15, -0.1) is 6.58 Å². The highest BCUT2D eigenvalue weighted by Gasteiger charge is 2.05. The first-order valence-electron chi connectivity index (χ1n) is 4.36. The Morgan fingerprint density at radius 3 is 2.77 bits per heavy atom. The van der Waals surface area contributed by atoms with Crippen molar-refractivity contribution in [3.05, 3.63) is 47.5 Å². The molecule has 1 heteroatoms. The summed E-state index contributed by atoms with van der Waals surface area (Å²) in [5.74, 6) is 0.122. The molecule has 0 heterocycles. The number of ketones is 1. The molecule has 0 aromatic heterocycles. The van der Waals surface area contributed by atoms with Crippen LogP contribution >= 0.6 is 0 Å². The molecule has 0 unspecified atom stereocenters. The standard InChI is InChI=1S/C12H14O/c1-4-5-11-8-9(2)6-7-12(11)10(3)13/h4,6-8H,1,5H2,2-3H3. The van der Waals surface area contributed by atoms with Crippen LogP contribution in [0.5, 0.6) is 0 Å². The van der Waals surface area contributed by atoms with Gasteiger partial charge in [0, 0.05) is 5.56 Å². The van der Waals surface area contributed by atoms with Crippen molar-refractivity contribution in [1.82, 2.24) is 0 Å². The van der Waals surface area contributed by atoms with Crippen LogP contribution in [0.1, 0.15) is 28.4 Å². The summed E-state index contributed by atoms with van der Waals surface area (Å²) in [4.78, 5) is 11.2. The first-order chi connectivity index (χ1) is 6.15. The average Bonchev–Trinajstić information content (AvgIpc) is 2.04. The van der Waals surface area contributed by atoms with Gasteiger partial charge in [0.05, 0.1) is 0 Å². The zero-order valence-corrected chi connectivity index (χ0v) is 8.13. The van der Waals surface area contributed by atoms with E-state index in [1.807, 2.05) is 31.2 Å².